The number of halogens is 1. The molecule has 0 radical (unpaired) electrons. The fraction of sp³-hybridized carbons (Fsp3) is 0.320. The van der Waals surface area contributed by atoms with E-state index in [1.165, 1.54) is 17.0 Å². The average molecular weight is 464 g/mol. The zero-order chi connectivity index (χ0) is 23.8. The zero-order valence-corrected chi connectivity index (χ0v) is 18.8. The van der Waals surface area contributed by atoms with Crippen molar-refractivity contribution in [2.24, 2.45) is 0 Å². The molecular formula is C25H25FN4O4. The van der Waals surface area contributed by atoms with Crippen molar-refractivity contribution in [3.05, 3.63) is 77.0 Å². The fourth-order valence-electron chi connectivity index (χ4n) is 4.70. The number of aromatic nitrogens is 2. The van der Waals surface area contributed by atoms with E-state index in [2.05, 4.69) is 9.88 Å². The van der Waals surface area contributed by atoms with Crippen molar-refractivity contribution in [2.75, 3.05) is 39.4 Å². The predicted octanol–water partition coefficient (Wildman–Crippen LogP) is 2.54. The zero-order valence-electron chi connectivity index (χ0n) is 18.8. The average Bonchev–Trinajstić information content (AvgIpc) is 3.31. The quantitative estimate of drug-likeness (QED) is 0.355. The van der Waals surface area contributed by atoms with Gasteiger partial charge >= 0.3 is 0 Å². The number of benzene rings is 1. The lowest BCUT2D eigenvalue weighted by Crippen LogP contribution is -2.42. The number of aryl methyl sites for hydroxylation is 1. The van der Waals surface area contributed by atoms with E-state index in [4.69, 9.17) is 4.74 Å². The van der Waals surface area contributed by atoms with E-state index in [9.17, 15) is 19.1 Å². The number of ketones is 1. The Hall–Kier alpha value is -3.56. The molecule has 4 heterocycles. The van der Waals surface area contributed by atoms with Crippen molar-refractivity contribution in [2.45, 2.75) is 13.0 Å². The third kappa shape index (κ3) is 3.86. The van der Waals surface area contributed by atoms with Crippen LogP contribution in [0.1, 0.15) is 23.0 Å². The maximum Gasteiger partial charge on any atom is 0.295 e. The third-order valence-corrected chi connectivity index (χ3v) is 6.42. The van der Waals surface area contributed by atoms with Crippen molar-refractivity contribution in [3.8, 4) is 0 Å². The number of ether oxygens (including phenoxy) is 1. The van der Waals surface area contributed by atoms with Crippen LogP contribution in [0.25, 0.3) is 11.4 Å². The summed E-state index contributed by atoms with van der Waals surface area (Å²) in [5.41, 5.74) is 2.03. The van der Waals surface area contributed by atoms with Gasteiger partial charge in [0, 0.05) is 32.4 Å². The Balaban J connectivity index is 1.60. The standard InChI is InChI=1S/C25H25FN4O4/c1-16-21(29-9-3-2-4-19(29)27-16)23(31)20-22(17-5-7-18(26)8-6-17)30(25(33)24(20)32)11-10-28-12-14-34-15-13-28/h2-9,22,31H,10-15H2,1H3/t22-/m1/s1. The first-order valence-corrected chi connectivity index (χ1v) is 11.2. The molecule has 1 aromatic carbocycles. The van der Waals surface area contributed by atoms with Crippen LogP contribution in [-0.4, -0.2) is 75.4 Å². The lowest BCUT2D eigenvalue weighted by molar-refractivity contribution is -0.140. The van der Waals surface area contributed by atoms with Crippen molar-refractivity contribution < 1.29 is 23.8 Å². The van der Waals surface area contributed by atoms with Crippen LogP contribution in [0.5, 0.6) is 0 Å². The highest BCUT2D eigenvalue weighted by Crippen LogP contribution is 2.39. The first-order chi connectivity index (χ1) is 16.5. The Morgan fingerprint density at radius 3 is 2.59 bits per heavy atom. The first kappa shape index (κ1) is 22.2. The van der Waals surface area contributed by atoms with Gasteiger partial charge in [0.05, 0.1) is 30.5 Å². The summed E-state index contributed by atoms with van der Waals surface area (Å²) in [5, 5.41) is 11.4. The number of fused-ring (bicyclic) bond motifs is 1. The summed E-state index contributed by atoms with van der Waals surface area (Å²) in [7, 11) is 0. The number of aliphatic hydroxyl groups excluding tert-OH is 1. The summed E-state index contributed by atoms with van der Waals surface area (Å²) < 4.78 is 20.8. The molecular weight excluding hydrogens is 439 g/mol. The van der Waals surface area contributed by atoms with Crippen molar-refractivity contribution in [1.29, 1.82) is 0 Å². The molecule has 0 aliphatic carbocycles. The van der Waals surface area contributed by atoms with Gasteiger partial charge in [0.25, 0.3) is 11.7 Å². The first-order valence-electron chi connectivity index (χ1n) is 11.2. The number of hydrogen-bond acceptors (Lipinski definition) is 6. The van der Waals surface area contributed by atoms with E-state index in [1.54, 1.807) is 41.8 Å². The second-order valence-electron chi connectivity index (χ2n) is 8.47. The highest BCUT2D eigenvalue weighted by Gasteiger charge is 2.46. The molecule has 2 aliphatic rings. The second kappa shape index (κ2) is 9.00. The van der Waals surface area contributed by atoms with Gasteiger partial charge in [-0.1, -0.05) is 18.2 Å². The van der Waals surface area contributed by atoms with E-state index in [-0.39, 0.29) is 17.9 Å². The molecule has 3 aromatic rings. The van der Waals surface area contributed by atoms with E-state index >= 15 is 0 Å². The summed E-state index contributed by atoms with van der Waals surface area (Å²) in [6.45, 7) is 5.31. The number of imidazole rings is 1. The van der Waals surface area contributed by atoms with Gasteiger partial charge in [-0.2, -0.15) is 0 Å². The molecule has 0 unspecified atom stereocenters. The molecule has 2 aliphatic heterocycles. The largest absolute Gasteiger partial charge is 0.505 e. The summed E-state index contributed by atoms with van der Waals surface area (Å²) in [4.78, 5) is 34.5. The van der Waals surface area contributed by atoms with Crippen LogP contribution in [0.3, 0.4) is 0 Å². The van der Waals surface area contributed by atoms with Crippen LogP contribution in [0.4, 0.5) is 4.39 Å². The van der Waals surface area contributed by atoms with Crippen LogP contribution >= 0.6 is 0 Å². The number of hydrogen-bond donors (Lipinski definition) is 1. The highest BCUT2D eigenvalue weighted by molar-refractivity contribution is 6.46. The van der Waals surface area contributed by atoms with Crippen LogP contribution in [-0.2, 0) is 14.3 Å². The van der Waals surface area contributed by atoms with Crippen LogP contribution < -0.4 is 0 Å². The Kier molecular flexibility index (Phi) is 5.89. The molecule has 2 saturated heterocycles. The van der Waals surface area contributed by atoms with Gasteiger partial charge in [0.1, 0.15) is 17.2 Å². The fourth-order valence-corrected chi connectivity index (χ4v) is 4.70. The molecule has 5 rings (SSSR count). The summed E-state index contributed by atoms with van der Waals surface area (Å²) in [6.07, 6.45) is 1.74. The van der Waals surface area contributed by atoms with Gasteiger partial charge in [0.2, 0.25) is 0 Å². The van der Waals surface area contributed by atoms with E-state index in [0.29, 0.717) is 42.4 Å². The molecule has 0 spiro atoms. The van der Waals surface area contributed by atoms with Crippen molar-refractivity contribution >= 4 is 23.1 Å². The predicted molar refractivity (Wildman–Crippen MR) is 123 cm³/mol. The molecule has 2 fully saturated rings. The number of aliphatic hydroxyl groups is 1. The number of nitrogens with zero attached hydrogens (tertiary/aromatic N) is 4. The smallest absolute Gasteiger partial charge is 0.295 e. The molecule has 0 saturated carbocycles. The highest BCUT2D eigenvalue weighted by atomic mass is 19.1. The number of likely N-dealkylation sites (tertiary alicyclic amines) is 1. The minimum absolute atomic E-state index is 0.0210. The molecule has 34 heavy (non-hydrogen) atoms. The van der Waals surface area contributed by atoms with Crippen LogP contribution in [0, 0.1) is 12.7 Å². The number of Topliss-reactive ketones (excluding diaryl/α,β-unsaturated/α-hetero) is 1. The van der Waals surface area contributed by atoms with Crippen molar-refractivity contribution in [1.82, 2.24) is 19.2 Å². The van der Waals surface area contributed by atoms with Crippen LogP contribution in [0.2, 0.25) is 0 Å². The number of rotatable bonds is 5. The molecule has 1 atom stereocenters. The topological polar surface area (TPSA) is 87.4 Å². The maximum absolute atomic E-state index is 13.7. The van der Waals surface area contributed by atoms with Gasteiger partial charge in [0.15, 0.2) is 5.76 Å². The lowest BCUT2D eigenvalue weighted by Gasteiger charge is -2.31. The molecule has 176 valence electrons. The summed E-state index contributed by atoms with van der Waals surface area (Å²) >= 11 is 0. The molecule has 1 N–H and O–H groups in total. The monoisotopic (exact) mass is 464 g/mol. The maximum atomic E-state index is 13.7. The number of carbonyl (C=O) groups excluding carboxylic acids is 2. The van der Waals surface area contributed by atoms with Gasteiger partial charge in [-0.05, 0) is 36.8 Å². The van der Waals surface area contributed by atoms with E-state index in [1.807, 2.05) is 6.07 Å². The lowest BCUT2D eigenvalue weighted by atomic mass is 9.96. The summed E-state index contributed by atoms with van der Waals surface area (Å²) in [5.74, 6) is -2.17. The second-order valence-corrected chi connectivity index (χ2v) is 8.47. The van der Waals surface area contributed by atoms with Crippen LogP contribution in [0.15, 0.2) is 54.2 Å². The van der Waals surface area contributed by atoms with Gasteiger partial charge in [-0.15, -0.1) is 0 Å². The Morgan fingerprint density at radius 2 is 1.85 bits per heavy atom. The summed E-state index contributed by atoms with van der Waals surface area (Å²) in [6, 6.07) is 10.2. The third-order valence-electron chi connectivity index (χ3n) is 6.42. The number of carbonyl (C=O) groups is 2. The van der Waals surface area contributed by atoms with E-state index in [0.717, 1.165) is 13.1 Å². The Morgan fingerprint density at radius 1 is 1.12 bits per heavy atom. The molecule has 9 heteroatoms. The minimum atomic E-state index is -0.838. The number of pyridine rings is 1. The number of amides is 1. The minimum Gasteiger partial charge on any atom is -0.505 e. The van der Waals surface area contributed by atoms with E-state index < -0.39 is 23.5 Å². The van der Waals surface area contributed by atoms with Gasteiger partial charge in [-0.3, -0.25) is 18.9 Å². The van der Waals surface area contributed by atoms with Gasteiger partial charge in [-0.25, -0.2) is 9.37 Å². The van der Waals surface area contributed by atoms with Gasteiger partial charge < -0.3 is 14.7 Å². The molecule has 8 nitrogen and oxygen atoms in total. The Bertz CT molecular complexity index is 1280. The molecule has 2 aromatic heterocycles. The molecule has 0 bridgehead atoms. The molecule has 1 amide bonds. The normalized spacial score (nSPS) is 21.0. The number of morpholine rings is 1. The van der Waals surface area contributed by atoms with Crippen molar-refractivity contribution in [3.63, 3.8) is 0 Å². The Labute approximate surface area is 195 Å². The SMILES string of the molecule is Cc1nc2ccccn2c1C(O)=C1C(=O)C(=O)N(CCN2CCOCC2)[C@@H]1c1ccc(F)cc1.